The average molecular weight is 928 g/mol. The smallest absolute Gasteiger partial charge is 0.121 e. The number of nitrogens with zero attached hydrogens (tertiary/aromatic N) is 2. The monoisotopic (exact) mass is 928 g/mol. The van der Waals surface area contributed by atoms with Gasteiger partial charge in [-0.15, -0.1) is 53.6 Å². The first-order valence-electron chi connectivity index (χ1n) is 22.4. The number of rotatable bonds is 5. The van der Waals surface area contributed by atoms with Gasteiger partial charge in [0.2, 0.25) is 0 Å². The Hall–Kier alpha value is -5.41. The summed E-state index contributed by atoms with van der Waals surface area (Å²) in [5.74, 6) is 0. The Labute approximate surface area is 360 Å². The third-order valence-electron chi connectivity index (χ3n) is 9.42. The van der Waals surface area contributed by atoms with Gasteiger partial charge in [0.25, 0.3) is 0 Å². The molecule has 3 aromatic heterocycles. The number of pyridine rings is 2. The van der Waals surface area contributed by atoms with E-state index in [4.69, 9.17) is 14.0 Å². The molecule has 0 fully saturated rings. The minimum absolute atomic E-state index is 0. The van der Waals surface area contributed by atoms with Gasteiger partial charge in [0.05, 0.1) is 5.58 Å². The number of fused-ring (bicyclic) bond motifs is 6. The van der Waals surface area contributed by atoms with E-state index in [9.17, 15) is 0 Å². The molecule has 0 N–H and O–H groups in total. The Balaban J connectivity index is 0.000000219. The molecule has 0 saturated heterocycles. The van der Waals surface area contributed by atoms with Crippen molar-refractivity contribution in [2.45, 2.75) is 61.1 Å². The second kappa shape index (κ2) is 16.2. The number of furan rings is 1. The van der Waals surface area contributed by atoms with Crippen molar-refractivity contribution in [2.75, 3.05) is 0 Å². The summed E-state index contributed by atoms with van der Waals surface area (Å²) >= 11 is 0. The van der Waals surface area contributed by atoms with Crippen molar-refractivity contribution in [3.63, 3.8) is 0 Å². The van der Waals surface area contributed by atoms with Crippen LogP contribution in [-0.4, -0.2) is 9.97 Å². The number of benzene rings is 6. The van der Waals surface area contributed by atoms with Crippen molar-refractivity contribution >= 4 is 43.5 Å². The van der Waals surface area contributed by atoms with E-state index in [1.165, 1.54) is 33.8 Å². The molecule has 0 bridgehead atoms. The molecule has 3 nitrogen and oxygen atoms in total. The molecule has 9 aromatic rings. The van der Waals surface area contributed by atoms with Crippen molar-refractivity contribution in [3.05, 3.63) is 169 Å². The fourth-order valence-electron chi connectivity index (χ4n) is 7.00. The molecule has 0 saturated carbocycles. The van der Waals surface area contributed by atoms with Crippen molar-refractivity contribution in [1.82, 2.24) is 9.97 Å². The fourth-order valence-corrected chi connectivity index (χ4v) is 7.00. The van der Waals surface area contributed by atoms with Crippen LogP contribution in [0.4, 0.5) is 0 Å². The summed E-state index contributed by atoms with van der Waals surface area (Å²) < 4.78 is 62.3. The number of hydrogen-bond donors (Lipinski definition) is 0. The van der Waals surface area contributed by atoms with Crippen LogP contribution in [0.15, 0.2) is 144 Å². The average Bonchev–Trinajstić information content (AvgIpc) is 3.62. The van der Waals surface area contributed by atoms with Gasteiger partial charge in [0.15, 0.2) is 0 Å². The molecule has 3 heterocycles. The van der Waals surface area contributed by atoms with Crippen LogP contribution in [0.25, 0.3) is 77.1 Å². The third kappa shape index (κ3) is 9.10. The summed E-state index contributed by atoms with van der Waals surface area (Å²) in [6.07, 6.45) is 0.417. The maximum atomic E-state index is 8.59. The van der Waals surface area contributed by atoms with Gasteiger partial charge in [-0.3, -0.25) is 0 Å². The SMILES string of the molecule is [2H]C([2H])([2H])c1c[c-]c(-c2ccc(C([2H])([2H])C(C)(C)C)cn2)cc1.[2H]C([2H])(c1ccc(-c2ccnc(-c3[c-]ccc4c3oc3cc5c(ccc6ccccc65)cc34)c2)cc1)C(C)(C)C.[Ir]. The first-order chi connectivity index (χ1) is 29.6. The van der Waals surface area contributed by atoms with Crippen molar-refractivity contribution < 1.29 is 34.1 Å². The van der Waals surface area contributed by atoms with Gasteiger partial charge < -0.3 is 14.4 Å². The first-order valence-corrected chi connectivity index (χ1v) is 18.9. The van der Waals surface area contributed by atoms with Crippen LogP contribution in [0.1, 0.15) is 67.8 Å². The third-order valence-corrected chi connectivity index (χ3v) is 9.42. The van der Waals surface area contributed by atoms with Gasteiger partial charge in [-0.2, -0.15) is 0 Å². The fraction of sp³-hybridized carbons (Fsp3) is 0.208. The zero-order valence-corrected chi connectivity index (χ0v) is 35.3. The molecule has 0 amide bonds. The van der Waals surface area contributed by atoms with E-state index in [-0.39, 0.29) is 25.7 Å². The van der Waals surface area contributed by atoms with Crippen LogP contribution in [0.3, 0.4) is 0 Å². The summed E-state index contributed by atoms with van der Waals surface area (Å²) in [4.78, 5) is 9.00. The molecule has 9 rings (SSSR count). The largest absolute Gasteiger partial charge is 0.501 e. The molecular weight excluding hydrogens is 873 g/mol. The van der Waals surface area contributed by atoms with Gasteiger partial charge in [0, 0.05) is 47.5 Å². The molecule has 287 valence electrons. The predicted molar refractivity (Wildman–Crippen MR) is 236 cm³/mol. The van der Waals surface area contributed by atoms with Crippen LogP contribution in [0, 0.1) is 29.8 Å². The van der Waals surface area contributed by atoms with E-state index in [1.54, 1.807) is 24.3 Å². The van der Waals surface area contributed by atoms with E-state index < -0.39 is 30.4 Å². The molecule has 6 aromatic carbocycles. The summed E-state index contributed by atoms with van der Waals surface area (Å²) in [5, 5.41) is 6.90. The van der Waals surface area contributed by atoms with Crippen LogP contribution in [-0.2, 0) is 32.9 Å². The van der Waals surface area contributed by atoms with E-state index in [0.29, 0.717) is 22.4 Å². The molecule has 0 unspecified atom stereocenters. The maximum Gasteiger partial charge on any atom is 0.121 e. The Morgan fingerprint density at radius 2 is 1.39 bits per heavy atom. The van der Waals surface area contributed by atoms with E-state index in [2.05, 4.69) is 82.8 Å². The maximum absolute atomic E-state index is 8.59. The predicted octanol–water partition coefficient (Wildman–Crippen LogP) is 14.5. The van der Waals surface area contributed by atoms with Crippen LogP contribution in [0.5, 0.6) is 0 Å². The summed E-state index contributed by atoms with van der Waals surface area (Å²) in [5.41, 5.74) is 6.96. The summed E-state index contributed by atoms with van der Waals surface area (Å²) in [6, 6.07) is 47.4. The summed E-state index contributed by atoms with van der Waals surface area (Å²) in [6.45, 7) is 9.18. The quantitative estimate of drug-likeness (QED) is 0.128. The zero-order chi connectivity index (χ0) is 45.1. The van der Waals surface area contributed by atoms with Gasteiger partial charge in [-0.1, -0.05) is 138 Å². The van der Waals surface area contributed by atoms with E-state index in [0.717, 1.165) is 44.3 Å². The van der Waals surface area contributed by atoms with Crippen molar-refractivity contribution in [3.8, 4) is 33.6 Å². The minimum atomic E-state index is -2.14. The molecule has 0 aliphatic rings. The molecule has 0 spiro atoms. The first kappa shape index (κ1) is 31.6. The molecule has 0 aliphatic heterocycles. The number of aromatic nitrogens is 2. The summed E-state index contributed by atoms with van der Waals surface area (Å²) in [7, 11) is 0. The van der Waals surface area contributed by atoms with Gasteiger partial charge in [-0.25, -0.2) is 0 Å². The standard InChI is InChI=1S/C36H28NO.C17H20N.Ir/c1-36(2,3)22-23-11-13-24(14-12-23)26-17-18-37-33(20-26)30-10-6-9-29-32-19-27-16-15-25-7-4-5-8-28(25)31(27)21-34(32)38-35(29)30;1-13-5-8-15(9-6-13)16-10-7-14(12-18-16)11-17(2,3)4;/h4-9,11-21H,22H2,1-3H3;5-8,10,12H,11H2,1-4H3;/q2*-1;/i22D2;1D3,11D2;. The second-order valence-corrected chi connectivity index (χ2v) is 16.2. The Morgan fingerprint density at radius 3 is 2.11 bits per heavy atom. The minimum Gasteiger partial charge on any atom is -0.501 e. The van der Waals surface area contributed by atoms with E-state index in [1.807, 2.05) is 84.1 Å². The molecule has 4 heteroatoms. The normalized spacial score (nSPS) is 14.3. The van der Waals surface area contributed by atoms with E-state index >= 15 is 0 Å². The van der Waals surface area contributed by atoms with Crippen LogP contribution >= 0.6 is 0 Å². The molecule has 0 atom stereocenters. The number of hydrogen-bond acceptors (Lipinski definition) is 3. The topological polar surface area (TPSA) is 38.9 Å². The van der Waals surface area contributed by atoms with Gasteiger partial charge in [-0.05, 0) is 97.0 Å². The van der Waals surface area contributed by atoms with Crippen molar-refractivity contribution in [1.29, 1.82) is 0 Å². The van der Waals surface area contributed by atoms with Gasteiger partial charge in [0.1, 0.15) is 5.58 Å². The Kier molecular flexibility index (Phi) is 9.00. The molecule has 0 aliphatic carbocycles. The van der Waals surface area contributed by atoms with Crippen molar-refractivity contribution in [2.24, 2.45) is 10.8 Å². The zero-order valence-electron chi connectivity index (χ0n) is 39.9. The second-order valence-electron chi connectivity index (χ2n) is 16.2. The molecule has 1 radical (unpaired) electrons. The van der Waals surface area contributed by atoms with Crippen LogP contribution < -0.4 is 0 Å². The Bertz CT molecular complexity index is 3110. The molecule has 57 heavy (non-hydrogen) atoms. The Morgan fingerprint density at radius 1 is 0.632 bits per heavy atom. The number of aryl methyl sites for hydroxylation is 1. The molecular formula is C53H48IrN2O-2. The van der Waals surface area contributed by atoms with Crippen LogP contribution in [0.2, 0.25) is 0 Å². The van der Waals surface area contributed by atoms with Gasteiger partial charge >= 0.3 is 0 Å².